The Balaban J connectivity index is 1.89. The first-order chi connectivity index (χ1) is 18.1. The lowest BCUT2D eigenvalue weighted by molar-refractivity contribution is -0.275. The van der Waals surface area contributed by atoms with Crippen LogP contribution in [0.4, 0.5) is 18.0 Å². The van der Waals surface area contributed by atoms with Gasteiger partial charge in [0.15, 0.2) is 11.5 Å². The minimum Gasteiger partial charge on any atom is -0.493 e. The Labute approximate surface area is 220 Å². The summed E-state index contributed by atoms with van der Waals surface area (Å²) < 4.78 is 48.3. The van der Waals surface area contributed by atoms with Gasteiger partial charge < -0.3 is 9.47 Å². The molecule has 198 valence electrons. The second kappa shape index (κ2) is 10.8. The first-order valence-electron chi connectivity index (χ1n) is 11.4. The number of rotatable bonds is 8. The quantitative estimate of drug-likeness (QED) is 0.382. The van der Waals surface area contributed by atoms with Gasteiger partial charge in [-0.3, -0.25) is 20.3 Å². The summed E-state index contributed by atoms with van der Waals surface area (Å²) in [5, 5.41) is 4.29. The molecule has 3 aromatic rings. The number of methoxy groups -OCH3 is 1. The predicted molar refractivity (Wildman–Crippen MR) is 136 cm³/mol. The number of aromatic nitrogens is 1. The molecule has 1 aliphatic rings. The molecule has 2 heterocycles. The van der Waals surface area contributed by atoms with Crippen LogP contribution in [0.2, 0.25) is 0 Å². The highest BCUT2D eigenvalue weighted by Crippen LogP contribution is 2.39. The summed E-state index contributed by atoms with van der Waals surface area (Å²) in [5.74, 6) is -1.33. The molecule has 2 N–H and O–H groups in total. The first-order valence-corrected chi connectivity index (χ1v) is 12.3. The molecule has 0 radical (unpaired) electrons. The van der Waals surface area contributed by atoms with Crippen molar-refractivity contribution in [2.75, 3.05) is 7.11 Å². The summed E-state index contributed by atoms with van der Waals surface area (Å²) in [5.41, 5.74) is 5.69. The molecule has 12 heteroatoms. The largest absolute Gasteiger partial charge is 0.573 e. The monoisotopic (exact) mass is 544 g/mol. The summed E-state index contributed by atoms with van der Waals surface area (Å²) in [6.07, 6.45) is -1.69. The van der Waals surface area contributed by atoms with E-state index in [9.17, 15) is 22.8 Å². The number of thioether (sulfide) groups is 1. The van der Waals surface area contributed by atoms with Crippen LogP contribution < -0.4 is 15.2 Å². The van der Waals surface area contributed by atoms with Gasteiger partial charge in [0.2, 0.25) is 11.4 Å². The Morgan fingerprint density at radius 3 is 2.37 bits per heavy atom. The van der Waals surface area contributed by atoms with Crippen LogP contribution >= 0.6 is 11.8 Å². The Bertz CT molecular complexity index is 1360. The predicted octanol–water partition coefficient (Wildman–Crippen LogP) is 5.33. The van der Waals surface area contributed by atoms with Crippen molar-refractivity contribution in [3.05, 3.63) is 89.7 Å². The number of Topliss-reactive ketones (excluding diaryl/α,β-unsaturated/α-hetero) is 1. The topological polar surface area (TPSA) is 107 Å². The number of benzene rings is 2. The van der Waals surface area contributed by atoms with Crippen LogP contribution in [-0.2, 0) is 5.66 Å². The van der Waals surface area contributed by atoms with E-state index >= 15 is 0 Å². The summed E-state index contributed by atoms with van der Waals surface area (Å²) in [7, 11) is 1.22. The lowest BCUT2D eigenvalue weighted by Crippen LogP contribution is -2.59. The third-order valence-corrected chi connectivity index (χ3v) is 7.04. The van der Waals surface area contributed by atoms with Gasteiger partial charge in [0.1, 0.15) is 0 Å². The van der Waals surface area contributed by atoms with Gasteiger partial charge in [0.25, 0.3) is 0 Å². The van der Waals surface area contributed by atoms with E-state index in [0.29, 0.717) is 12.0 Å². The number of ether oxygens (including phenoxy) is 2. The first kappa shape index (κ1) is 27.1. The third kappa shape index (κ3) is 5.36. The van der Waals surface area contributed by atoms with Gasteiger partial charge >= 0.3 is 11.6 Å². The van der Waals surface area contributed by atoms with E-state index in [0.717, 1.165) is 22.8 Å². The number of hydrazone groups is 1. The molecule has 1 aliphatic heterocycles. The fourth-order valence-corrected chi connectivity index (χ4v) is 4.98. The summed E-state index contributed by atoms with van der Waals surface area (Å²) in [6, 6.07) is 15.2. The van der Waals surface area contributed by atoms with Gasteiger partial charge in [-0.2, -0.15) is 10.1 Å². The van der Waals surface area contributed by atoms with Crippen LogP contribution in [-0.4, -0.2) is 45.4 Å². The highest BCUT2D eigenvalue weighted by atomic mass is 32.2. The second-order valence-corrected chi connectivity index (χ2v) is 9.34. The molecule has 0 bridgehead atoms. The number of pyridine rings is 1. The number of carbonyl (C=O) groups excluding carboxylic acids is 2. The van der Waals surface area contributed by atoms with Crippen LogP contribution in [0, 0.1) is 0 Å². The highest BCUT2D eigenvalue weighted by Gasteiger charge is 2.48. The fraction of sp³-hybridized carbons (Fsp3) is 0.231. The van der Waals surface area contributed by atoms with Gasteiger partial charge in [-0.05, 0) is 36.8 Å². The molecule has 1 aromatic heterocycles. The number of hydrogen-bond donors (Lipinski definition) is 1. The summed E-state index contributed by atoms with van der Waals surface area (Å²) in [4.78, 5) is 31.1. The summed E-state index contributed by atoms with van der Waals surface area (Å²) >= 11 is 0.878. The molecule has 0 saturated carbocycles. The highest BCUT2D eigenvalue weighted by molar-refractivity contribution is 8.14. The molecule has 2 aromatic carbocycles. The average molecular weight is 545 g/mol. The maximum absolute atomic E-state index is 13.8. The van der Waals surface area contributed by atoms with Crippen molar-refractivity contribution in [1.82, 2.24) is 9.99 Å². The number of amides is 1. The lowest BCUT2D eigenvalue weighted by atomic mass is 9.91. The maximum atomic E-state index is 13.8. The minimum atomic E-state index is -4.96. The average Bonchev–Trinajstić information content (AvgIpc) is 2.92. The molecule has 0 fully saturated rings. The maximum Gasteiger partial charge on any atom is 0.573 e. The van der Waals surface area contributed by atoms with Crippen molar-refractivity contribution in [3.63, 3.8) is 0 Å². The minimum absolute atomic E-state index is 0.138. The number of halogens is 3. The van der Waals surface area contributed by atoms with Crippen LogP contribution in [0.5, 0.6) is 11.5 Å². The number of hydrogen-bond acceptors (Lipinski definition) is 8. The third-order valence-electron chi connectivity index (χ3n) is 5.82. The van der Waals surface area contributed by atoms with Gasteiger partial charge in [0, 0.05) is 29.1 Å². The number of carbonyl (C=O) groups is 2. The molecule has 0 aliphatic carbocycles. The van der Waals surface area contributed by atoms with E-state index < -0.39 is 34.0 Å². The van der Waals surface area contributed by atoms with E-state index in [1.807, 2.05) is 6.92 Å². The second-order valence-electron chi connectivity index (χ2n) is 8.19. The molecule has 8 nitrogen and oxygen atoms in total. The molecule has 4 rings (SSSR count). The van der Waals surface area contributed by atoms with Crippen LogP contribution in [0.1, 0.15) is 34.8 Å². The molecular weight excluding hydrogens is 521 g/mol. The molecule has 1 amide bonds. The molecule has 2 unspecified atom stereocenters. The van der Waals surface area contributed by atoms with E-state index in [-0.39, 0.29) is 22.6 Å². The molecule has 0 spiro atoms. The zero-order valence-electron chi connectivity index (χ0n) is 20.3. The Morgan fingerprint density at radius 2 is 1.76 bits per heavy atom. The fourth-order valence-electron chi connectivity index (χ4n) is 3.99. The summed E-state index contributed by atoms with van der Waals surface area (Å²) in [6.45, 7) is 1.81. The van der Waals surface area contributed by atoms with Gasteiger partial charge in [-0.1, -0.05) is 49.0 Å². The number of nitrogens with zero attached hydrogens (tertiary/aromatic N) is 3. The van der Waals surface area contributed by atoms with Crippen molar-refractivity contribution < 1.29 is 32.2 Å². The van der Waals surface area contributed by atoms with E-state index in [2.05, 4.69) is 14.8 Å². The lowest BCUT2D eigenvalue weighted by Gasteiger charge is -2.40. The van der Waals surface area contributed by atoms with Gasteiger partial charge in [-0.15, -0.1) is 13.2 Å². The van der Waals surface area contributed by atoms with Crippen LogP contribution in [0.3, 0.4) is 0 Å². The molecule has 0 saturated heterocycles. The molecule has 38 heavy (non-hydrogen) atoms. The zero-order chi connectivity index (χ0) is 27.5. The van der Waals surface area contributed by atoms with E-state index in [1.54, 1.807) is 30.3 Å². The van der Waals surface area contributed by atoms with Crippen LogP contribution in [0.25, 0.3) is 0 Å². The standard InChI is InChI=1S/C26H23F3N4O4S/c1-3-21-22(17-9-10-19(36-2)20(15-17)37-26(27,28)29)32-33(24(35)38-21)25(30,18-7-5-4-6-8-18)23(34)16-11-13-31-14-12-16/h4-15,21H,3,30H2,1-2H3. The van der Waals surface area contributed by atoms with Crippen LogP contribution in [0.15, 0.2) is 78.2 Å². The Morgan fingerprint density at radius 1 is 1.08 bits per heavy atom. The molecular formula is C26H23F3N4O4S. The SMILES string of the molecule is CCC1SC(=O)N(C(N)(C(=O)c2ccncc2)c2ccccc2)N=C1c1ccc(OC)c(OC(F)(F)F)c1. The van der Waals surface area contributed by atoms with Crippen molar-refractivity contribution in [2.45, 2.75) is 30.6 Å². The smallest absolute Gasteiger partial charge is 0.493 e. The van der Waals surface area contributed by atoms with Crippen molar-refractivity contribution in [1.29, 1.82) is 0 Å². The Hall–Kier alpha value is -3.90. The van der Waals surface area contributed by atoms with Gasteiger partial charge in [-0.25, -0.2) is 0 Å². The number of ketones is 1. The van der Waals surface area contributed by atoms with Crippen molar-refractivity contribution in [2.24, 2.45) is 10.8 Å². The normalized spacial score (nSPS) is 17.4. The van der Waals surface area contributed by atoms with Gasteiger partial charge in [0.05, 0.1) is 18.1 Å². The van der Waals surface area contributed by atoms with E-state index in [1.165, 1.54) is 43.8 Å². The van der Waals surface area contributed by atoms with Crippen molar-refractivity contribution >= 4 is 28.5 Å². The number of nitrogens with two attached hydrogens (primary N) is 1. The Kier molecular flexibility index (Phi) is 7.74. The van der Waals surface area contributed by atoms with Crippen molar-refractivity contribution in [3.8, 4) is 11.5 Å². The zero-order valence-corrected chi connectivity index (χ0v) is 21.1. The molecule has 2 atom stereocenters. The number of alkyl halides is 3. The van der Waals surface area contributed by atoms with E-state index in [4.69, 9.17) is 10.5 Å².